The Labute approximate surface area is 102 Å². The average Bonchev–Trinajstić information content (AvgIpc) is 2.12. The molecule has 0 saturated carbocycles. The van der Waals surface area contributed by atoms with Crippen molar-refractivity contribution in [1.29, 1.82) is 0 Å². The highest BCUT2D eigenvalue weighted by molar-refractivity contribution is 5.77. The van der Waals surface area contributed by atoms with Gasteiger partial charge in [0.25, 0.3) is 0 Å². The van der Waals surface area contributed by atoms with E-state index in [1.807, 2.05) is 0 Å². The van der Waals surface area contributed by atoms with Crippen molar-refractivity contribution < 1.29 is 32.6 Å². The van der Waals surface area contributed by atoms with Gasteiger partial charge in [-0.3, -0.25) is 4.79 Å². The zero-order chi connectivity index (χ0) is 14.8. The van der Waals surface area contributed by atoms with E-state index < -0.39 is 35.8 Å². The van der Waals surface area contributed by atoms with Crippen LogP contribution in [-0.2, 0) is 9.53 Å². The number of alkyl halides is 3. The van der Waals surface area contributed by atoms with Gasteiger partial charge in [-0.05, 0) is 27.7 Å². The Balaban J connectivity index is 4.60. The summed E-state index contributed by atoms with van der Waals surface area (Å²) >= 11 is 0. The first-order chi connectivity index (χ1) is 7.79. The molecule has 0 aromatic carbocycles. The molecule has 0 fully saturated rings. The summed E-state index contributed by atoms with van der Waals surface area (Å²) in [6.45, 7) is 3.74. The normalized spacial score (nSPS) is 13.1. The molecule has 106 valence electrons. The lowest BCUT2D eigenvalue weighted by Crippen LogP contribution is -2.57. The van der Waals surface area contributed by atoms with E-state index in [2.05, 4.69) is 10.1 Å². The van der Waals surface area contributed by atoms with E-state index in [1.54, 1.807) is 0 Å². The summed E-state index contributed by atoms with van der Waals surface area (Å²) in [7, 11) is 0. The number of halogens is 3. The van der Waals surface area contributed by atoms with Gasteiger partial charge in [-0.1, -0.05) is 0 Å². The van der Waals surface area contributed by atoms with E-state index in [4.69, 9.17) is 5.11 Å². The van der Waals surface area contributed by atoms with Crippen molar-refractivity contribution in [2.45, 2.75) is 39.4 Å². The molecule has 0 aromatic heterocycles. The number of carboxylic acid groups (broad SMARTS) is 1. The third-order valence-corrected chi connectivity index (χ3v) is 2.88. The molecule has 0 aliphatic carbocycles. The van der Waals surface area contributed by atoms with E-state index in [0.29, 0.717) is 0 Å². The number of alkyl carbamates (subject to hydrolysis) is 1. The molecule has 8 heteroatoms. The number of carboxylic acids is 1. The Morgan fingerprint density at radius 1 is 1.17 bits per heavy atom. The lowest BCUT2D eigenvalue weighted by molar-refractivity contribution is -0.162. The van der Waals surface area contributed by atoms with E-state index in [9.17, 15) is 22.8 Å². The molecule has 5 nitrogen and oxygen atoms in total. The molecule has 0 heterocycles. The number of amides is 1. The van der Waals surface area contributed by atoms with Crippen LogP contribution in [0.1, 0.15) is 27.7 Å². The molecule has 0 aromatic rings. The Hall–Kier alpha value is -1.47. The maximum atomic E-state index is 11.8. The van der Waals surface area contributed by atoms with Crippen LogP contribution in [0.4, 0.5) is 18.0 Å². The van der Waals surface area contributed by atoms with Gasteiger partial charge < -0.3 is 15.2 Å². The number of carbonyl (C=O) groups is 2. The SMILES string of the molecule is CC(C)(NC(=O)OCC(F)(F)F)C(C)(C)C(=O)O. The zero-order valence-electron chi connectivity index (χ0n) is 10.5. The molecule has 0 rings (SSSR count). The fraction of sp³-hybridized carbons (Fsp3) is 0.800. The van der Waals surface area contributed by atoms with Crippen molar-refractivity contribution >= 4 is 12.1 Å². The van der Waals surface area contributed by atoms with Crippen LogP contribution in [0.5, 0.6) is 0 Å². The fourth-order valence-corrected chi connectivity index (χ4v) is 0.862. The van der Waals surface area contributed by atoms with Crippen LogP contribution in [0.15, 0.2) is 0 Å². The molecule has 0 spiro atoms. The van der Waals surface area contributed by atoms with Gasteiger partial charge in [0.15, 0.2) is 6.61 Å². The van der Waals surface area contributed by atoms with Crippen LogP contribution < -0.4 is 5.32 Å². The van der Waals surface area contributed by atoms with Gasteiger partial charge in [-0.15, -0.1) is 0 Å². The molecule has 18 heavy (non-hydrogen) atoms. The number of hydrogen-bond donors (Lipinski definition) is 2. The second-order valence-electron chi connectivity index (χ2n) is 4.87. The standard InChI is InChI=1S/C10H16F3NO4/c1-8(2,6(15)16)9(3,4)14-7(17)18-5-10(11,12)13/h5H2,1-4H3,(H,14,17)(H,15,16). The summed E-state index contributed by atoms with van der Waals surface area (Å²) in [6.07, 6.45) is -5.93. The summed E-state index contributed by atoms with van der Waals surface area (Å²) in [5.41, 5.74) is -2.65. The number of carbonyl (C=O) groups excluding carboxylic acids is 1. The van der Waals surface area contributed by atoms with Gasteiger partial charge in [0.2, 0.25) is 0 Å². The van der Waals surface area contributed by atoms with Gasteiger partial charge in [0, 0.05) is 0 Å². The molecule has 2 N–H and O–H groups in total. The molecule has 0 radical (unpaired) electrons. The van der Waals surface area contributed by atoms with Gasteiger partial charge in [-0.2, -0.15) is 13.2 Å². The topological polar surface area (TPSA) is 75.6 Å². The van der Waals surface area contributed by atoms with Gasteiger partial charge in [-0.25, -0.2) is 4.79 Å². The number of nitrogens with one attached hydrogen (secondary N) is 1. The fourth-order valence-electron chi connectivity index (χ4n) is 0.862. The molecule has 0 aliphatic heterocycles. The van der Waals surface area contributed by atoms with Crippen LogP contribution in [0.2, 0.25) is 0 Å². The van der Waals surface area contributed by atoms with Crippen molar-refractivity contribution in [3.63, 3.8) is 0 Å². The molecule has 1 amide bonds. The molecular formula is C10H16F3NO4. The van der Waals surface area contributed by atoms with E-state index in [0.717, 1.165) is 0 Å². The number of ether oxygens (including phenoxy) is 1. The highest BCUT2D eigenvalue weighted by Crippen LogP contribution is 2.30. The minimum absolute atomic E-state index is 1.19. The first kappa shape index (κ1) is 16.5. The summed E-state index contributed by atoms with van der Waals surface area (Å²) in [6, 6.07) is 0. The highest BCUT2D eigenvalue weighted by atomic mass is 19.4. The molecule has 0 unspecified atom stereocenters. The van der Waals surface area contributed by atoms with Crippen LogP contribution in [0, 0.1) is 5.41 Å². The van der Waals surface area contributed by atoms with E-state index in [1.165, 1.54) is 27.7 Å². The molecule has 0 aliphatic rings. The predicted molar refractivity (Wildman–Crippen MR) is 56.0 cm³/mol. The summed E-state index contributed by atoms with van der Waals surface area (Å²) < 4.78 is 39.4. The van der Waals surface area contributed by atoms with Crippen LogP contribution in [-0.4, -0.2) is 35.5 Å². The number of aliphatic carboxylic acids is 1. The van der Waals surface area contributed by atoms with Crippen molar-refractivity contribution in [3.05, 3.63) is 0 Å². The minimum Gasteiger partial charge on any atom is -0.481 e. The van der Waals surface area contributed by atoms with Crippen LogP contribution in [0.3, 0.4) is 0 Å². The lowest BCUT2D eigenvalue weighted by Gasteiger charge is -2.38. The molecular weight excluding hydrogens is 255 g/mol. The van der Waals surface area contributed by atoms with Crippen molar-refractivity contribution in [3.8, 4) is 0 Å². The van der Waals surface area contributed by atoms with E-state index in [-0.39, 0.29) is 0 Å². The Kier molecular flexibility index (Phi) is 4.62. The van der Waals surface area contributed by atoms with Gasteiger partial charge in [0.05, 0.1) is 11.0 Å². The smallest absolute Gasteiger partial charge is 0.422 e. The Morgan fingerprint density at radius 2 is 1.61 bits per heavy atom. The lowest BCUT2D eigenvalue weighted by atomic mass is 9.74. The van der Waals surface area contributed by atoms with Crippen molar-refractivity contribution in [1.82, 2.24) is 5.32 Å². The van der Waals surface area contributed by atoms with E-state index >= 15 is 0 Å². The maximum Gasteiger partial charge on any atom is 0.422 e. The maximum absolute atomic E-state index is 11.8. The van der Waals surface area contributed by atoms with Crippen molar-refractivity contribution in [2.75, 3.05) is 6.61 Å². The third kappa shape index (κ3) is 4.42. The highest BCUT2D eigenvalue weighted by Gasteiger charge is 2.45. The molecule has 0 atom stereocenters. The molecule has 0 saturated heterocycles. The van der Waals surface area contributed by atoms with Crippen LogP contribution in [0.25, 0.3) is 0 Å². The quantitative estimate of drug-likeness (QED) is 0.821. The molecule has 0 bridgehead atoms. The van der Waals surface area contributed by atoms with Gasteiger partial charge >= 0.3 is 18.2 Å². The largest absolute Gasteiger partial charge is 0.481 e. The monoisotopic (exact) mass is 271 g/mol. The van der Waals surface area contributed by atoms with Crippen LogP contribution >= 0.6 is 0 Å². The predicted octanol–water partition coefficient (Wildman–Crippen LogP) is 2.16. The average molecular weight is 271 g/mol. The first-order valence-corrected chi connectivity index (χ1v) is 5.05. The number of hydrogen-bond acceptors (Lipinski definition) is 3. The second-order valence-corrected chi connectivity index (χ2v) is 4.87. The minimum atomic E-state index is -4.62. The third-order valence-electron chi connectivity index (χ3n) is 2.88. The number of rotatable bonds is 4. The van der Waals surface area contributed by atoms with Crippen molar-refractivity contribution in [2.24, 2.45) is 5.41 Å². The van der Waals surface area contributed by atoms with Gasteiger partial charge in [0.1, 0.15) is 0 Å². The second kappa shape index (κ2) is 5.03. The Morgan fingerprint density at radius 3 is 1.94 bits per heavy atom. The Bertz CT molecular complexity index is 337. The summed E-state index contributed by atoms with van der Waals surface area (Å²) in [5, 5.41) is 11.1. The first-order valence-electron chi connectivity index (χ1n) is 5.05. The summed E-state index contributed by atoms with van der Waals surface area (Å²) in [5.74, 6) is -1.19. The summed E-state index contributed by atoms with van der Waals surface area (Å²) in [4.78, 5) is 22.1. The zero-order valence-corrected chi connectivity index (χ0v) is 10.5.